The minimum Gasteiger partial charge on any atom is -0.395 e. The zero-order valence-corrected chi connectivity index (χ0v) is 5.40. The molecule has 0 aliphatic heterocycles. The Balaban J connectivity index is 4.10. The van der Waals surface area contributed by atoms with Crippen molar-refractivity contribution in [2.24, 2.45) is 11.7 Å². The Morgan fingerprint density at radius 2 is 2.10 bits per heavy atom. The molecule has 0 rings (SSSR count). The summed E-state index contributed by atoms with van der Waals surface area (Å²) in [7, 11) is 0. The van der Waals surface area contributed by atoms with Gasteiger partial charge in [-0.2, -0.15) is 0 Å². The summed E-state index contributed by atoms with van der Waals surface area (Å²) in [5, 5.41) is 25.7. The van der Waals surface area contributed by atoms with Gasteiger partial charge in [0.05, 0.1) is 19.1 Å². The lowest BCUT2D eigenvalue weighted by Gasteiger charge is -2.24. The van der Waals surface area contributed by atoms with Gasteiger partial charge in [-0.3, -0.25) is 0 Å². The number of rotatable bonds is 4. The average Bonchev–Trinajstić information content (AvgIpc) is 1.90. The molecule has 0 aromatic carbocycles. The highest BCUT2D eigenvalue weighted by atomic mass is 16.3. The summed E-state index contributed by atoms with van der Waals surface area (Å²) < 4.78 is 0. The molecule has 0 saturated carbocycles. The molecule has 0 saturated heterocycles. The van der Waals surface area contributed by atoms with Crippen molar-refractivity contribution in [2.75, 3.05) is 13.2 Å². The molecule has 2 atom stereocenters. The summed E-state index contributed by atoms with van der Waals surface area (Å²) in [6.45, 7) is -1.33. The van der Waals surface area contributed by atoms with Gasteiger partial charge in [-0.1, -0.05) is 0 Å². The van der Waals surface area contributed by atoms with Crippen molar-refractivity contribution in [2.45, 2.75) is 5.72 Å². The predicted octanol–water partition coefficient (Wildman–Crippen LogP) is -2.57. The summed E-state index contributed by atoms with van der Waals surface area (Å²) in [6, 6.07) is 0. The fraction of sp³-hybridized carbons (Fsp3) is 0.800. The molecule has 0 fully saturated rings. The van der Waals surface area contributed by atoms with E-state index in [9.17, 15) is 4.79 Å². The van der Waals surface area contributed by atoms with E-state index in [4.69, 9.17) is 21.1 Å². The molecule has 0 radical (unpaired) electrons. The SMILES string of the molecule is N[C@](O)(CO)C(C=O)CO. The molecular weight excluding hydrogens is 138 g/mol. The summed E-state index contributed by atoms with van der Waals surface area (Å²) in [4.78, 5) is 10.0. The molecule has 1 unspecified atom stereocenters. The van der Waals surface area contributed by atoms with Crippen LogP contribution in [0, 0.1) is 5.92 Å². The maximum absolute atomic E-state index is 10.0. The van der Waals surface area contributed by atoms with Crippen molar-refractivity contribution in [3.8, 4) is 0 Å². The van der Waals surface area contributed by atoms with Crippen LogP contribution in [0.4, 0.5) is 0 Å². The molecule has 0 spiro atoms. The lowest BCUT2D eigenvalue weighted by Crippen LogP contribution is -2.52. The van der Waals surface area contributed by atoms with E-state index in [0.717, 1.165) is 0 Å². The number of nitrogens with two attached hydrogens (primary N) is 1. The first kappa shape index (κ1) is 9.51. The average molecular weight is 149 g/mol. The highest BCUT2D eigenvalue weighted by Gasteiger charge is 2.30. The van der Waals surface area contributed by atoms with E-state index >= 15 is 0 Å². The van der Waals surface area contributed by atoms with E-state index in [-0.39, 0.29) is 0 Å². The summed E-state index contributed by atoms with van der Waals surface area (Å²) in [6.07, 6.45) is 0.302. The Kier molecular flexibility index (Phi) is 3.45. The number of hydrogen-bond donors (Lipinski definition) is 4. The van der Waals surface area contributed by atoms with Crippen molar-refractivity contribution in [3.63, 3.8) is 0 Å². The van der Waals surface area contributed by atoms with E-state index in [1.165, 1.54) is 0 Å². The molecule has 0 aromatic heterocycles. The molecule has 5 N–H and O–H groups in total. The van der Waals surface area contributed by atoms with Gasteiger partial charge < -0.3 is 25.8 Å². The molecule has 0 amide bonds. The molecule has 0 heterocycles. The monoisotopic (exact) mass is 149 g/mol. The number of hydrogen-bond acceptors (Lipinski definition) is 5. The Labute approximate surface area is 58.1 Å². The Morgan fingerprint density at radius 3 is 2.20 bits per heavy atom. The Morgan fingerprint density at radius 1 is 1.60 bits per heavy atom. The van der Waals surface area contributed by atoms with Gasteiger partial charge in [0.15, 0.2) is 0 Å². The fourth-order valence-corrected chi connectivity index (χ4v) is 0.436. The second-order valence-corrected chi connectivity index (χ2v) is 2.07. The van der Waals surface area contributed by atoms with Gasteiger partial charge in [0.1, 0.15) is 12.0 Å². The first-order valence-electron chi connectivity index (χ1n) is 2.76. The highest BCUT2D eigenvalue weighted by molar-refractivity contribution is 5.55. The van der Waals surface area contributed by atoms with Crippen LogP contribution in [0.3, 0.4) is 0 Å². The topological polar surface area (TPSA) is 104 Å². The van der Waals surface area contributed by atoms with Crippen LogP contribution in [0.15, 0.2) is 0 Å². The molecule has 5 nitrogen and oxygen atoms in total. The molecule has 0 aliphatic carbocycles. The highest BCUT2D eigenvalue weighted by Crippen LogP contribution is 2.06. The zero-order chi connectivity index (χ0) is 8.20. The molecule has 0 aliphatic rings. The van der Waals surface area contributed by atoms with E-state index in [1.807, 2.05) is 0 Å². The lowest BCUT2D eigenvalue weighted by atomic mass is 10.0. The van der Waals surface area contributed by atoms with Crippen molar-refractivity contribution in [1.82, 2.24) is 0 Å². The number of aliphatic hydroxyl groups is 3. The second kappa shape index (κ2) is 3.62. The van der Waals surface area contributed by atoms with Crippen LogP contribution < -0.4 is 5.73 Å². The van der Waals surface area contributed by atoms with E-state index in [0.29, 0.717) is 6.29 Å². The second-order valence-electron chi connectivity index (χ2n) is 2.07. The molecule has 0 aromatic rings. The van der Waals surface area contributed by atoms with Crippen LogP contribution in [0.25, 0.3) is 0 Å². The number of aliphatic hydroxyl groups excluding tert-OH is 2. The van der Waals surface area contributed by atoms with Gasteiger partial charge in [-0.25, -0.2) is 0 Å². The van der Waals surface area contributed by atoms with E-state index in [2.05, 4.69) is 0 Å². The third-order valence-corrected chi connectivity index (χ3v) is 1.26. The summed E-state index contributed by atoms with van der Waals surface area (Å²) >= 11 is 0. The van der Waals surface area contributed by atoms with Crippen molar-refractivity contribution < 1.29 is 20.1 Å². The van der Waals surface area contributed by atoms with Crippen LogP contribution in [-0.2, 0) is 4.79 Å². The van der Waals surface area contributed by atoms with E-state index < -0.39 is 24.9 Å². The van der Waals surface area contributed by atoms with Crippen LogP contribution in [0.5, 0.6) is 0 Å². The van der Waals surface area contributed by atoms with Gasteiger partial charge in [0, 0.05) is 0 Å². The maximum Gasteiger partial charge on any atom is 0.148 e. The first-order valence-corrected chi connectivity index (χ1v) is 2.76. The molecular formula is C5H11NO4. The molecule has 0 bridgehead atoms. The molecule has 5 heteroatoms. The van der Waals surface area contributed by atoms with Gasteiger partial charge >= 0.3 is 0 Å². The number of carbonyl (C=O) groups is 1. The standard InChI is InChI=1S/C5H11NO4/c6-5(10,3-9)4(1-7)2-8/h1,4,8-10H,2-3,6H2/t4?,5-/m0/s1. The van der Waals surface area contributed by atoms with Crippen molar-refractivity contribution >= 4 is 6.29 Å². The van der Waals surface area contributed by atoms with Crippen LogP contribution >= 0.6 is 0 Å². The molecule has 60 valence electrons. The van der Waals surface area contributed by atoms with E-state index in [1.54, 1.807) is 0 Å². The third-order valence-electron chi connectivity index (χ3n) is 1.26. The summed E-state index contributed by atoms with van der Waals surface area (Å²) in [5.74, 6) is -1.13. The largest absolute Gasteiger partial charge is 0.395 e. The Hall–Kier alpha value is -0.490. The maximum atomic E-state index is 10.0. The van der Waals surface area contributed by atoms with Crippen LogP contribution in [-0.4, -0.2) is 40.5 Å². The van der Waals surface area contributed by atoms with Crippen molar-refractivity contribution in [1.29, 1.82) is 0 Å². The summed E-state index contributed by atoms with van der Waals surface area (Å²) in [5.41, 5.74) is 2.99. The van der Waals surface area contributed by atoms with Crippen LogP contribution in [0.2, 0.25) is 0 Å². The zero-order valence-electron chi connectivity index (χ0n) is 5.40. The number of aldehydes is 1. The number of carbonyl (C=O) groups excluding carboxylic acids is 1. The Bertz CT molecular complexity index is 114. The molecule has 10 heavy (non-hydrogen) atoms. The van der Waals surface area contributed by atoms with Gasteiger partial charge in [0.25, 0.3) is 0 Å². The third kappa shape index (κ3) is 2.03. The van der Waals surface area contributed by atoms with Gasteiger partial charge in [-0.05, 0) is 0 Å². The normalized spacial score (nSPS) is 19.6. The van der Waals surface area contributed by atoms with Crippen LogP contribution in [0.1, 0.15) is 0 Å². The smallest absolute Gasteiger partial charge is 0.148 e. The van der Waals surface area contributed by atoms with Gasteiger partial charge in [-0.15, -0.1) is 0 Å². The minimum absolute atomic E-state index is 0.302. The predicted molar refractivity (Wildman–Crippen MR) is 32.9 cm³/mol. The lowest BCUT2D eigenvalue weighted by molar-refractivity contribution is -0.127. The van der Waals surface area contributed by atoms with Gasteiger partial charge in [0.2, 0.25) is 0 Å². The van der Waals surface area contributed by atoms with Crippen molar-refractivity contribution in [3.05, 3.63) is 0 Å². The quantitative estimate of drug-likeness (QED) is 0.260. The first-order chi connectivity index (χ1) is 4.58. The fourth-order valence-electron chi connectivity index (χ4n) is 0.436. The minimum atomic E-state index is -2.00.